The van der Waals surface area contributed by atoms with Gasteiger partial charge in [0.05, 0.1) is 5.92 Å². The summed E-state index contributed by atoms with van der Waals surface area (Å²) in [5.74, 6) is -1.59. The number of benzene rings is 1. The molecule has 1 atom stereocenters. The van der Waals surface area contributed by atoms with Crippen molar-refractivity contribution < 1.29 is 24.2 Å². The molecule has 3 N–H and O–H groups in total. The maximum atomic E-state index is 13.2. The molecule has 0 aromatic heterocycles. The molecule has 1 aromatic carbocycles. The molecule has 0 saturated heterocycles. The number of aliphatic carboxylic acids is 1. The maximum absolute atomic E-state index is 13.2. The van der Waals surface area contributed by atoms with Crippen molar-refractivity contribution in [3.63, 3.8) is 0 Å². The zero-order valence-corrected chi connectivity index (χ0v) is 19.7. The second-order valence-corrected chi connectivity index (χ2v) is 10.5. The van der Waals surface area contributed by atoms with E-state index in [2.05, 4.69) is 10.6 Å². The standard InChI is InChI=1S/C24H33ClN2O5/c1-23(2,3)32-22(31)27-19(15-4-6-16(7-5-15)21(29)30)20(28)26-14-24(12-13-24)17-8-10-18(25)11-9-17/h8-11,15-16,19H,4-7,12-14H2,1-3H3,(H,26,28)(H,27,31)(H,29,30). The van der Waals surface area contributed by atoms with E-state index in [0.717, 1.165) is 18.4 Å². The molecule has 8 heteroatoms. The number of carbonyl (C=O) groups excluding carboxylic acids is 2. The predicted octanol–water partition coefficient (Wildman–Crippen LogP) is 4.27. The van der Waals surface area contributed by atoms with Gasteiger partial charge in [-0.3, -0.25) is 9.59 Å². The van der Waals surface area contributed by atoms with Gasteiger partial charge in [0.2, 0.25) is 5.91 Å². The molecule has 3 rings (SSSR count). The Kier molecular flexibility index (Phi) is 7.38. The zero-order valence-electron chi connectivity index (χ0n) is 18.9. The molecule has 2 aliphatic rings. The fourth-order valence-electron chi connectivity index (χ4n) is 4.42. The summed E-state index contributed by atoms with van der Waals surface area (Å²) in [6.07, 6.45) is 3.42. The lowest BCUT2D eigenvalue weighted by Gasteiger charge is -2.33. The van der Waals surface area contributed by atoms with Gasteiger partial charge in [-0.2, -0.15) is 0 Å². The van der Waals surface area contributed by atoms with E-state index >= 15 is 0 Å². The number of carboxylic acids is 1. The van der Waals surface area contributed by atoms with Crippen LogP contribution in [0.4, 0.5) is 4.79 Å². The molecule has 0 radical (unpaired) electrons. The van der Waals surface area contributed by atoms with E-state index < -0.39 is 29.6 Å². The molecule has 7 nitrogen and oxygen atoms in total. The number of carboxylic acid groups (broad SMARTS) is 1. The van der Waals surface area contributed by atoms with Crippen molar-refractivity contribution in [2.45, 2.75) is 76.4 Å². The third-order valence-electron chi connectivity index (χ3n) is 6.46. The van der Waals surface area contributed by atoms with Crippen molar-refractivity contribution in [1.82, 2.24) is 10.6 Å². The molecule has 0 spiro atoms. The number of carbonyl (C=O) groups is 3. The van der Waals surface area contributed by atoms with Crippen LogP contribution in [0, 0.1) is 11.8 Å². The Balaban J connectivity index is 1.66. The highest BCUT2D eigenvalue weighted by atomic mass is 35.5. The van der Waals surface area contributed by atoms with Crippen LogP contribution in [0.15, 0.2) is 24.3 Å². The maximum Gasteiger partial charge on any atom is 0.408 e. The Morgan fingerprint density at radius 3 is 2.22 bits per heavy atom. The molecular formula is C24H33ClN2O5. The van der Waals surface area contributed by atoms with Crippen molar-refractivity contribution in [1.29, 1.82) is 0 Å². The average Bonchev–Trinajstić information content (AvgIpc) is 3.51. The Labute approximate surface area is 194 Å². The summed E-state index contributed by atoms with van der Waals surface area (Å²) >= 11 is 6.00. The number of hydrogen-bond donors (Lipinski definition) is 3. The minimum atomic E-state index is -0.803. The van der Waals surface area contributed by atoms with E-state index in [4.69, 9.17) is 16.3 Å². The molecule has 1 unspecified atom stereocenters. The van der Waals surface area contributed by atoms with Crippen LogP contribution in [0.25, 0.3) is 0 Å². The van der Waals surface area contributed by atoms with Crippen LogP contribution in [-0.4, -0.2) is 41.3 Å². The number of halogens is 1. The summed E-state index contributed by atoms with van der Waals surface area (Å²) < 4.78 is 5.37. The lowest BCUT2D eigenvalue weighted by atomic mass is 9.78. The molecule has 0 aliphatic heterocycles. The van der Waals surface area contributed by atoms with Gasteiger partial charge in [-0.05, 0) is 82.9 Å². The summed E-state index contributed by atoms with van der Waals surface area (Å²) in [6.45, 7) is 5.78. The Morgan fingerprint density at radius 1 is 1.12 bits per heavy atom. The highest BCUT2D eigenvalue weighted by Crippen LogP contribution is 2.47. The van der Waals surface area contributed by atoms with Gasteiger partial charge < -0.3 is 20.5 Å². The smallest absolute Gasteiger partial charge is 0.408 e. The average molecular weight is 465 g/mol. The SMILES string of the molecule is CC(C)(C)OC(=O)NC(C(=O)NCC1(c2ccc(Cl)cc2)CC1)C1CCC(C(=O)O)CC1. The van der Waals surface area contributed by atoms with Crippen LogP contribution in [0.1, 0.15) is 64.9 Å². The first-order chi connectivity index (χ1) is 15.0. The lowest BCUT2D eigenvalue weighted by Crippen LogP contribution is -2.53. The molecule has 2 fully saturated rings. The van der Waals surface area contributed by atoms with E-state index in [1.807, 2.05) is 24.3 Å². The van der Waals surface area contributed by atoms with E-state index in [1.54, 1.807) is 20.8 Å². The van der Waals surface area contributed by atoms with Crippen LogP contribution in [0.2, 0.25) is 5.02 Å². The highest BCUT2D eigenvalue weighted by Gasteiger charge is 2.45. The summed E-state index contributed by atoms with van der Waals surface area (Å²) in [7, 11) is 0. The quantitative estimate of drug-likeness (QED) is 0.558. The van der Waals surface area contributed by atoms with Gasteiger partial charge in [0, 0.05) is 17.0 Å². The van der Waals surface area contributed by atoms with Crippen molar-refractivity contribution in [2.75, 3.05) is 6.54 Å². The predicted molar refractivity (Wildman–Crippen MR) is 122 cm³/mol. The Hall–Kier alpha value is -2.28. The van der Waals surface area contributed by atoms with Crippen molar-refractivity contribution in [3.8, 4) is 0 Å². The second kappa shape index (κ2) is 9.69. The van der Waals surface area contributed by atoms with E-state index in [9.17, 15) is 19.5 Å². The van der Waals surface area contributed by atoms with Gasteiger partial charge in [-0.1, -0.05) is 23.7 Å². The lowest BCUT2D eigenvalue weighted by molar-refractivity contribution is -0.143. The zero-order chi connectivity index (χ0) is 23.5. The van der Waals surface area contributed by atoms with Gasteiger partial charge in [-0.25, -0.2) is 4.79 Å². The minimum absolute atomic E-state index is 0.0995. The first-order valence-corrected chi connectivity index (χ1v) is 11.6. The fraction of sp³-hybridized carbons (Fsp3) is 0.625. The monoisotopic (exact) mass is 464 g/mol. The second-order valence-electron chi connectivity index (χ2n) is 10.1. The van der Waals surface area contributed by atoms with Crippen LogP contribution in [0.5, 0.6) is 0 Å². The third-order valence-corrected chi connectivity index (χ3v) is 6.71. The van der Waals surface area contributed by atoms with E-state index in [0.29, 0.717) is 37.3 Å². The topological polar surface area (TPSA) is 105 Å². The molecule has 32 heavy (non-hydrogen) atoms. The number of nitrogens with one attached hydrogen (secondary N) is 2. The summed E-state index contributed by atoms with van der Waals surface area (Å²) in [5.41, 5.74) is 0.358. The first kappa shape index (κ1) is 24.4. The number of alkyl carbamates (subject to hydrolysis) is 1. The van der Waals surface area contributed by atoms with E-state index in [1.165, 1.54) is 0 Å². The number of rotatable bonds is 7. The molecule has 2 amide bonds. The molecule has 0 bridgehead atoms. The van der Waals surface area contributed by atoms with Crippen molar-refractivity contribution in [2.24, 2.45) is 11.8 Å². The molecule has 0 heterocycles. The highest BCUT2D eigenvalue weighted by molar-refractivity contribution is 6.30. The van der Waals surface area contributed by atoms with Gasteiger partial charge >= 0.3 is 12.1 Å². The van der Waals surface area contributed by atoms with Crippen LogP contribution in [0.3, 0.4) is 0 Å². The van der Waals surface area contributed by atoms with Gasteiger partial charge in [-0.15, -0.1) is 0 Å². The summed E-state index contributed by atoms with van der Waals surface area (Å²) in [5, 5.41) is 15.7. The Bertz CT molecular complexity index is 837. The number of hydrogen-bond acceptors (Lipinski definition) is 4. The van der Waals surface area contributed by atoms with Gasteiger partial charge in [0.1, 0.15) is 11.6 Å². The molecule has 1 aromatic rings. The minimum Gasteiger partial charge on any atom is -0.481 e. The normalized spacial score (nSPS) is 23.0. The first-order valence-electron chi connectivity index (χ1n) is 11.3. The van der Waals surface area contributed by atoms with Crippen LogP contribution < -0.4 is 10.6 Å². The van der Waals surface area contributed by atoms with Crippen LogP contribution >= 0.6 is 11.6 Å². The number of amides is 2. The largest absolute Gasteiger partial charge is 0.481 e. The van der Waals surface area contributed by atoms with Gasteiger partial charge in [0.15, 0.2) is 0 Å². The molecule has 2 aliphatic carbocycles. The van der Waals surface area contributed by atoms with Crippen molar-refractivity contribution >= 4 is 29.6 Å². The summed E-state index contributed by atoms with van der Waals surface area (Å²) in [6, 6.07) is 6.93. The van der Waals surface area contributed by atoms with E-state index in [-0.39, 0.29) is 17.2 Å². The van der Waals surface area contributed by atoms with Crippen LogP contribution in [-0.2, 0) is 19.7 Å². The molecule has 2 saturated carbocycles. The van der Waals surface area contributed by atoms with Gasteiger partial charge in [0.25, 0.3) is 0 Å². The molecular weight excluding hydrogens is 432 g/mol. The summed E-state index contributed by atoms with van der Waals surface area (Å²) in [4.78, 5) is 36.9. The Morgan fingerprint density at radius 2 is 1.72 bits per heavy atom. The van der Waals surface area contributed by atoms with Crippen molar-refractivity contribution in [3.05, 3.63) is 34.9 Å². The number of ether oxygens (including phenoxy) is 1. The third kappa shape index (κ3) is 6.37. The molecule has 176 valence electrons. The fourth-order valence-corrected chi connectivity index (χ4v) is 4.55.